The van der Waals surface area contributed by atoms with Crippen molar-refractivity contribution in [3.8, 4) is 5.75 Å². The van der Waals surface area contributed by atoms with Crippen LogP contribution in [0.25, 0.3) is 0 Å². The first-order chi connectivity index (χ1) is 9.02. The minimum absolute atomic E-state index is 0.203. The molecule has 0 saturated carbocycles. The van der Waals surface area contributed by atoms with E-state index in [2.05, 4.69) is 0 Å². The third kappa shape index (κ3) is 2.54. The summed E-state index contributed by atoms with van der Waals surface area (Å²) in [5.74, 6) is -1.77. The van der Waals surface area contributed by atoms with E-state index in [1.165, 1.54) is 25.3 Å². The molecule has 2 N–H and O–H groups in total. The lowest BCUT2D eigenvalue weighted by Crippen LogP contribution is -2.06. The number of rotatable bonds is 3. The number of carbonyl (C=O) groups excluding carboxylic acids is 1. The average Bonchev–Trinajstić information content (AvgIpc) is 2.38. The van der Waals surface area contributed by atoms with Gasteiger partial charge in [-0.3, -0.25) is 4.79 Å². The topological polar surface area (TPSA) is 52.3 Å². The summed E-state index contributed by atoms with van der Waals surface area (Å²) in [7, 11) is 1.45. The lowest BCUT2D eigenvalue weighted by molar-refractivity contribution is 0.103. The van der Waals surface area contributed by atoms with Crippen molar-refractivity contribution in [1.82, 2.24) is 0 Å². The number of hydrogen-bond acceptors (Lipinski definition) is 3. The largest absolute Gasteiger partial charge is 0.495 e. The molecule has 0 aliphatic carbocycles. The first-order valence-electron chi connectivity index (χ1n) is 5.46. The maximum absolute atomic E-state index is 13.5. The van der Waals surface area contributed by atoms with Gasteiger partial charge in [0.2, 0.25) is 0 Å². The number of ketones is 1. The van der Waals surface area contributed by atoms with Gasteiger partial charge in [0.05, 0.1) is 18.4 Å². The molecule has 0 radical (unpaired) electrons. The molecular weight excluding hydrogens is 252 g/mol. The maximum Gasteiger partial charge on any atom is 0.196 e. The van der Waals surface area contributed by atoms with E-state index in [1.807, 2.05) is 0 Å². The van der Waals surface area contributed by atoms with Crippen LogP contribution in [0.15, 0.2) is 36.4 Å². The van der Waals surface area contributed by atoms with E-state index in [4.69, 9.17) is 10.5 Å². The molecule has 0 fully saturated rings. The zero-order valence-electron chi connectivity index (χ0n) is 10.1. The van der Waals surface area contributed by atoms with Gasteiger partial charge in [0, 0.05) is 11.6 Å². The van der Waals surface area contributed by atoms with Crippen LogP contribution in [-0.4, -0.2) is 12.9 Å². The van der Waals surface area contributed by atoms with Crippen LogP contribution >= 0.6 is 0 Å². The molecule has 19 heavy (non-hydrogen) atoms. The van der Waals surface area contributed by atoms with Crippen LogP contribution in [0, 0.1) is 11.6 Å². The van der Waals surface area contributed by atoms with Gasteiger partial charge in [0.15, 0.2) is 5.78 Å². The van der Waals surface area contributed by atoms with E-state index in [1.54, 1.807) is 0 Å². The highest BCUT2D eigenvalue weighted by atomic mass is 19.1. The Morgan fingerprint density at radius 3 is 2.47 bits per heavy atom. The molecule has 0 aliphatic heterocycles. The Morgan fingerprint density at radius 2 is 1.89 bits per heavy atom. The predicted octanol–water partition coefficient (Wildman–Crippen LogP) is 2.79. The summed E-state index contributed by atoms with van der Waals surface area (Å²) in [6, 6.07) is 7.19. The maximum atomic E-state index is 13.5. The molecule has 2 aromatic rings. The molecule has 2 rings (SSSR count). The monoisotopic (exact) mass is 263 g/mol. The first kappa shape index (κ1) is 13.0. The van der Waals surface area contributed by atoms with Gasteiger partial charge in [-0.1, -0.05) is 0 Å². The van der Waals surface area contributed by atoms with E-state index < -0.39 is 17.4 Å². The Kier molecular flexibility index (Phi) is 3.46. The van der Waals surface area contributed by atoms with Crippen molar-refractivity contribution in [2.75, 3.05) is 12.8 Å². The summed E-state index contributed by atoms with van der Waals surface area (Å²) in [6.45, 7) is 0. The standard InChI is InChI=1S/C14H11F2NO2/c1-19-13-5-2-8(6-12(13)17)14(18)10-4-3-9(15)7-11(10)16/h2-7H,17H2,1H3. The van der Waals surface area contributed by atoms with Gasteiger partial charge in [0.1, 0.15) is 17.4 Å². The lowest BCUT2D eigenvalue weighted by Gasteiger charge is -2.07. The third-order valence-corrected chi connectivity index (χ3v) is 2.67. The minimum atomic E-state index is -0.903. The summed E-state index contributed by atoms with van der Waals surface area (Å²) in [5.41, 5.74) is 5.96. The number of anilines is 1. The second kappa shape index (κ2) is 5.06. The number of nitrogens with two attached hydrogens (primary N) is 1. The Labute approximate surface area is 108 Å². The van der Waals surface area contributed by atoms with Gasteiger partial charge in [0.25, 0.3) is 0 Å². The van der Waals surface area contributed by atoms with Crippen molar-refractivity contribution in [2.45, 2.75) is 0 Å². The van der Waals surface area contributed by atoms with Crippen molar-refractivity contribution in [3.63, 3.8) is 0 Å². The van der Waals surface area contributed by atoms with Crippen LogP contribution in [0.5, 0.6) is 5.75 Å². The molecule has 0 amide bonds. The van der Waals surface area contributed by atoms with Crippen LogP contribution in [0.1, 0.15) is 15.9 Å². The smallest absolute Gasteiger partial charge is 0.196 e. The number of methoxy groups -OCH3 is 1. The molecule has 2 aromatic carbocycles. The Balaban J connectivity index is 2.41. The first-order valence-corrected chi connectivity index (χ1v) is 5.46. The van der Waals surface area contributed by atoms with Gasteiger partial charge in [-0.2, -0.15) is 0 Å². The van der Waals surface area contributed by atoms with Crippen molar-refractivity contribution in [3.05, 3.63) is 59.2 Å². The highest BCUT2D eigenvalue weighted by molar-refractivity contribution is 6.09. The molecule has 5 heteroatoms. The molecule has 98 valence electrons. The molecule has 0 heterocycles. The SMILES string of the molecule is COc1ccc(C(=O)c2ccc(F)cc2F)cc1N. The van der Waals surface area contributed by atoms with E-state index in [0.717, 1.165) is 12.1 Å². The van der Waals surface area contributed by atoms with Crippen LogP contribution in [0.3, 0.4) is 0 Å². The fourth-order valence-electron chi connectivity index (χ4n) is 1.70. The van der Waals surface area contributed by atoms with E-state index in [-0.39, 0.29) is 16.8 Å². The molecule has 0 bridgehead atoms. The second-order valence-electron chi connectivity index (χ2n) is 3.91. The fourth-order valence-corrected chi connectivity index (χ4v) is 1.70. The molecule has 0 aromatic heterocycles. The molecule has 0 atom stereocenters. The molecule has 0 spiro atoms. The van der Waals surface area contributed by atoms with Crippen molar-refractivity contribution >= 4 is 11.5 Å². The highest BCUT2D eigenvalue weighted by Gasteiger charge is 2.15. The number of ether oxygens (including phenoxy) is 1. The van der Waals surface area contributed by atoms with Crippen LogP contribution in [0.4, 0.5) is 14.5 Å². The molecule has 3 nitrogen and oxygen atoms in total. The summed E-state index contributed by atoms with van der Waals surface area (Å²) in [5, 5.41) is 0. The van der Waals surface area contributed by atoms with Crippen LogP contribution < -0.4 is 10.5 Å². The number of benzene rings is 2. The normalized spacial score (nSPS) is 10.3. The molecule has 0 unspecified atom stereocenters. The fraction of sp³-hybridized carbons (Fsp3) is 0.0714. The second-order valence-corrected chi connectivity index (χ2v) is 3.91. The Bertz CT molecular complexity index is 641. The van der Waals surface area contributed by atoms with Gasteiger partial charge in [-0.05, 0) is 30.3 Å². The summed E-state index contributed by atoms with van der Waals surface area (Å²) in [6.07, 6.45) is 0. The number of carbonyl (C=O) groups is 1. The quantitative estimate of drug-likeness (QED) is 0.684. The van der Waals surface area contributed by atoms with E-state index >= 15 is 0 Å². The highest BCUT2D eigenvalue weighted by Crippen LogP contribution is 2.24. The van der Waals surface area contributed by atoms with Gasteiger partial charge >= 0.3 is 0 Å². The molecular formula is C14H11F2NO2. The van der Waals surface area contributed by atoms with Crippen molar-refractivity contribution in [1.29, 1.82) is 0 Å². The summed E-state index contributed by atoms with van der Waals surface area (Å²) >= 11 is 0. The van der Waals surface area contributed by atoms with Crippen molar-refractivity contribution in [2.24, 2.45) is 0 Å². The van der Waals surface area contributed by atoms with Gasteiger partial charge < -0.3 is 10.5 Å². The van der Waals surface area contributed by atoms with Crippen LogP contribution in [0.2, 0.25) is 0 Å². The molecule has 0 aliphatic rings. The number of halogens is 2. The zero-order valence-corrected chi connectivity index (χ0v) is 10.1. The van der Waals surface area contributed by atoms with Crippen molar-refractivity contribution < 1.29 is 18.3 Å². The average molecular weight is 263 g/mol. The predicted molar refractivity (Wildman–Crippen MR) is 67.2 cm³/mol. The Morgan fingerprint density at radius 1 is 1.16 bits per heavy atom. The number of hydrogen-bond donors (Lipinski definition) is 1. The van der Waals surface area contributed by atoms with E-state index in [0.29, 0.717) is 11.8 Å². The van der Waals surface area contributed by atoms with Gasteiger partial charge in [-0.15, -0.1) is 0 Å². The number of nitrogen functional groups attached to an aromatic ring is 1. The minimum Gasteiger partial charge on any atom is -0.495 e. The zero-order chi connectivity index (χ0) is 14.0. The third-order valence-electron chi connectivity index (χ3n) is 2.67. The van der Waals surface area contributed by atoms with Gasteiger partial charge in [-0.25, -0.2) is 8.78 Å². The summed E-state index contributed by atoms with van der Waals surface area (Å²) < 4.78 is 31.3. The lowest BCUT2D eigenvalue weighted by atomic mass is 10.0. The van der Waals surface area contributed by atoms with E-state index in [9.17, 15) is 13.6 Å². The Hall–Kier alpha value is -2.43. The van der Waals surface area contributed by atoms with Crippen LogP contribution in [-0.2, 0) is 0 Å². The summed E-state index contributed by atoms with van der Waals surface area (Å²) in [4.78, 5) is 12.1. The molecule has 0 saturated heterocycles.